The van der Waals surface area contributed by atoms with Gasteiger partial charge in [-0.25, -0.2) is 0 Å². The first-order valence-corrected chi connectivity index (χ1v) is 8.03. The molecule has 2 aromatic carbocycles. The number of carbonyl (C=O) groups is 1. The minimum Gasteiger partial charge on any atom is -0.348 e. The summed E-state index contributed by atoms with van der Waals surface area (Å²) in [6, 6.07) is 23.2. The number of nitrogens with one attached hydrogen (secondary N) is 1. The van der Waals surface area contributed by atoms with Crippen molar-refractivity contribution in [3.63, 3.8) is 0 Å². The number of fused-ring (bicyclic) bond motifs is 1. The van der Waals surface area contributed by atoms with Crippen molar-refractivity contribution in [1.82, 2.24) is 19.9 Å². The van der Waals surface area contributed by atoms with Crippen molar-refractivity contribution in [2.75, 3.05) is 0 Å². The Bertz CT molecular complexity index is 1010. The predicted molar refractivity (Wildman–Crippen MR) is 96.0 cm³/mol. The monoisotopic (exact) mass is 328 g/mol. The van der Waals surface area contributed by atoms with Gasteiger partial charge in [0.05, 0.1) is 5.56 Å². The van der Waals surface area contributed by atoms with Crippen LogP contribution in [0.5, 0.6) is 0 Å². The number of benzene rings is 2. The molecule has 0 saturated heterocycles. The Labute approximate surface area is 145 Å². The van der Waals surface area contributed by atoms with E-state index in [0.29, 0.717) is 23.6 Å². The number of carbonyl (C=O) groups excluding carboxylic acids is 1. The van der Waals surface area contributed by atoms with E-state index >= 15 is 0 Å². The molecule has 1 N–H and O–H groups in total. The zero-order valence-electron chi connectivity index (χ0n) is 13.5. The summed E-state index contributed by atoms with van der Waals surface area (Å²) in [6.45, 7) is 0.491. The number of hydrogen-bond donors (Lipinski definition) is 1. The summed E-state index contributed by atoms with van der Waals surface area (Å²) in [4.78, 5) is 12.5. The minimum atomic E-state index is -0.126. The maximum atomic E-state index is 12.5. The maximum absolute atomic E-state index is 12.5. The largest absolute Gasteiger partial charge is 0.348 e. The molecule has 25 heavy (non-hydrogen) atoms. The van der Waals surface area contributed by atoms with Crippen LogP contribution in [0.4, 0.5) is 0 Å². The zero-order chi connectivity index (χ0) is 17.1. The van der Waals surface area contributed by atoms with Gasteiger partial charge in [0, 0.05) is 18.3 Å². The van der Waals surface area contributed by atoms with E-state index in [-0.39, 0.29) is 5.91 Å². The fourth-order valence-electron chi connectivity index (χ4n) is 2.69. The van der Waals surface area contributed by atoms with Crippen molar-refractivity contribution in [2.45, 2.75) is 6.54 Å². The van der Waals surface area contributed by atoms with Crippen molar-refractivity contribution in [3.8, 4) is 11.4 Å². The molecule has 4 rings (SSSR count). The topological polar surface area (TPSA) is 59.3 Å². The highest BCUT2D eigenvalue weighted by molar-refractivity contribution is 5.94. The van der Waals surface area contributed by atoms with Gasteiger partial charge >= 0.3 is 0 Å². The van der Waals surface area contributed by atoms with E-state index in [4.69, 9.17) is 0 Å². The van der Waals surface area contributed by atoms with Gasteiger partial charge in [-0.3, -0.25) is 9.20 Å². The molecule has 0 aliphatic carbocycles. The van der Waals surface area contributed by atoms with Crippen LogP contribution >= 0.6 is 0 Å². The predicted octanol–water partition coefficient (Wildman–Crippen LogP) is 3.33. The van der Waals surface area contributed by atoms with Crippen LogP contribution in [0.2, 0.25) is 0 Å². The van der Waals surface area contributed by atoms with E-state index in [9.17, 15) is 4.79 Å². The molecule has 0 saturated carbocycles. The first-order chi connectivity index (χ1) is 12.3. The van der Waals surface area contributed by atoms with Gasteiger partial charge in [0.1, 0.15) is 0 Å². The Morgan fingerprint density at radius 3 is 2.36 bits per heavy atom. The highest BCUT2D eigenvalue weighted by Gasteiger charge is 2.11. The second-order valence-corrected chi connectivity index (χ2v) is 5.70. The van der Waals surface area contributed by atoms with E-state index < -0.39 is 0 Å². The van der Waals surface area contributed by atoms with Gasteiger partial charge in [0.2, 0.25) is 0 Å². The Balaban J connectivity index is 1.61. The first-order valence-electron chi connectivity index (χ1n) is 8.03. The quantitative estimate of drug-likeness (QED) is 0.625. The number of aromatic nitrogens is 3. The van der Waals surface area contributed by atoms with Crippen LogP contribution in [0.1, 0.15) is 15.9 Å². The van der Waals surface area contributed by atoms with Gasteiger partial charge in [-0.1, -0.05) is 60.7 Å². The lowest BCUT2D eigenvalue weighted by atomic mass is 10.2. The highest BCUT2D eigenvalue weighted by atomic mass is 16.1. The van der Waals surface area contributed by atoms with Crippen molar-refractivity contribution < 1.29 is 4.79 Å². The van der Waals surface area contributed by atoms with Crippen molar-refractivity contribution in [2.24, 2.45) is 0 Å². The van der Waals surface area contributed by atoms with Crippen LogP contribution in [-0.4, -0.2) is 20.5 Å². The summed E-state index contributed by atoms with van der Waals surface area (Å²) in [6.07, 6.45) is 1.78. The molecule has 0 unspecified atom stereocenters. The molecule has 5 heteroatoms. The maximum Gasteiger partial charge on any atom is 0.253 e. The molecule has 0 bridgehead atoms. The molecule has 0 atom stereocenters. The number of nitrogens with zero attached hydrogens (tertiary/aromatic N) is 3. The second kappa shape index (κ2) is 6.57. The molecule has 2 heterocycles. The zero-order valence-corrected chi connectivity index (χ0v) is 13.5. The van der Waals surface area contributed by atoms with Crippen LogP contribution in [-0.2, 0) is 6.54 Å². The highest BCUT2D eigenvalue weighted by Crippen LogP contribution is 2.18. The Morgan fingerprint density at radius 2 is 1.60 bits per heavy atom. The number of rotatable bonds is 4. The minimum absolute atomic E-state index is 0.126. The SMILES string of the molecule is O=C(NCc1ccccc1)c1ccc2nnc(-c3ccccc3)n2c1. The molecule has 2 aromatic heterocycles. The van der Waals surface area contributed by atoms with Crippen LogP contribution in [0, 0.1) is 0 Å². The standard InChI is InChI=1S/C20H16N4O/c25-20(21-13-15-7-3-1-4-8-15)17-11-12-18-22-23-19(24(18)14-17)16-9-5-2-6-10-16/h1-12,14H,13H2,(H,21,25). The van der Waals surface area contributed by atoms with Gasteiger partial charge in [-0.05, 0) is 17.7 Å². The van der Waals surface area contributed by atoms with Gasteiger partial charge in [0.15, 0.2) is 11.5 Å². The molecule has 122 valence electrons. The lowest BCUT2D eigenvalue weighted by Gasteiger charge is -2.06. The van der Waals surface area contributed by atoms with Crippen LogP contribution in [0.15, 0.2) is 79.0 Å². The summed E-state index contributed by atoms with van der Waals surface area (Å²) < 4.78 is 1.84. The van der Waals surface area contributed by atoms with Crippen LogP contribution in [0.3, 0.4) is 0 Å². The first kappa shape index (κ1) is 15.1. The fourth-order valence-corrected chi connectivity index (χ4v) is 2.69. The molecule has 0 spiro atoms. The number of pyridine rings is 1. The summed E-state index contributed by atoms with van der Waals surface area (Å²) in [5.41, 5.74) is 3.29. The van der Waals surface area contributed by atoms with E-state index in [1.54, 1.807) is 18.3 Å². The van der Waals surface area contributed by atoms with Gasteiger partial charge in [0.25, 0.3) is 5.91 Å². The van der Waals surface area contributed by atoms with E-state index in [1.165, 1.54) is 0 Å². The van der Waals surface area contributed by atoms with Crippen molar-refractivity contribution in [1.29, 1.82) is 0 Å². The lowest BCUT2D eigenvalue weighted by Crippen LogP contribution is -2.23. The van der Waals surface area contributed by atoms with Gasteiger partial charge in [-0.15, -0.1) is 10.2 Å². The molecule has 0 aliphatic heterocycles. The summed E-state index contributed by atoms with van der Waals surface area (Å²) in [7, 11) is 0. The summed E-state index contributed by atoms with van der Waals surface area (Å²) in [5, 5.41) is 11.3. The molecule has 0 radical (unpaired) electrons. The van der Waals surface area contributed by atoms with Crippen molar-refractivity contribution >= 4 is 11.6 Å². The molecule has 0 fully saturated rings. The normalized spacial score (nSPS) is 10.7. The van der Waals surface area contributed by atoms with Crippen LogP contribution < -0.4 is 5.32 Å². The molecular formula is C20H16N4O. The molecule has 0 aliphatic rings. The smallest absolute Gasteiger partial charge is 0.253 e. The third-order valence-electron chi connectivity index (χ3n) is 3.99. The molecule has 5 nitrogen and oxygen atoms in total. The van der Waals surface area contributed by atoms with Gasteiger partial charge in [-0.2, -0.15) is 0 Å². The number of amides is 1. The van der Waals surface area contributed by atoms with Crippen molar-refractivity contribution in [3.05, 3.63) is 90.1 Å². The lowest BCUT2D eigenvalue weighted by molar-refractivity contribution is 0.0950. The fraction of sp³-hybridized carbons (Fsp3) is 0.0500. The van der Waals surface area contributed by atoms with Crippen LogP contribution in [0.25, 0.3) is 17.0 Å². The Hall–Kier alpha value is -3.47. The summed E-state index contributed by atoms with van der Waals surface area (Å²) in [5.74, 6) is 0.590. The third kappa shape index (κ3) is 3.12. The average Bonchev–Trinajstić information content (AvgIpc) is 3.11. The van der Waals surface area contributed by atoms with E-state index in [1.807, 2.05) is 65.1 Å². The molecule has 4 aromatic rings. The number of hydrogen-bond acceptors (Lipinski definition) is 3. The Morgan fingerprint density at radius 1 is 0.880 bits per heavy atom. The summed E-state index contributed by atoms with van der Waals surface area (Å²) >= 11 is 0. The Kier molecular flexibility index (Phi) is 3.96. The molecule has 1 amide bonds. The van der Waals surface area contributed by atoms with Gasteiger partial charge < -0.3 is 5.32 Å². The average molecular weight is 328 g/mol. The second-order valence-electron chi connectivity index (χ2n) is 5.70. The van der Waals surface area contributed by atoms with E-state index in [2.05, 4.69) is 15.5 Å². The third-order valence-corrected chi connectivity index (χ3v) is 3.99. The van der Waals surface area contributed by atoms with E-state index in [0.717, 1.165) is 11.1 Å². The molecular weight excluding hydrogens is 312 g/mol.